The molecule has 1 rings (SSSR count). The Morgan fingerprint density at radius 2 is 1.93 bits per heavy atom. The molecular formula is C12H18ClNO. The number of halogens is 1. The molecule has 2 nitrogen and oxygen atoms in total. The van der Waals surface area contributed by atoms with Gasteiger partial charge in [0.05, 0.1) is 6.10 Å². The molecule has 15 heavy (non-hydrogen) atoms. The normalized spacial score (nSPS) is 17.1. The van der Waals surface area contributed by atoms with Crippen molar-refractivity contribution < 1.29 is 5.11 Å². The predicted molar refractivity (Wildman–Crippen MR) is 63.9 cm³/mol. The summed E-state index contributed by atoms with van der Waals surface area (Å²) in [6.45, 7) is 4.49. The molecule has 3 N–H and O–H groups in total. The fraction of sp³-hybridized carbons (Fsp3) is 0.500. The monoisotopic (exact) mass is 227 g/mol. The lowest BCUT2D eigenvalue weighted by molar-refractivity contribution is 0.0392. The van der Waals surface area contributed by atoms with E-state index < -0.39 is 6.10 Å². The lowest BCUT2D eigenvalue weighted by Crippen LogP contribution is -2.33. The lowest BCUT2D eigenvalue weighted by Gasteiger charge is -2.32. The van der Waals surface area contributed by atoms with Gasteiger partial charge in [0, 0.05) is 17.0 Å². The van der Waals surface area contributed by atoms with E-state index in [-0.39, 0.29) is 5.41 Å². The Hall–Kier alpha value is -0.570. The van der Waals surface area contributed by atoms with Crippen molar-refractivity contribution in [3.63, 3.8) is 0 Å². The number of aliphatic hydroxyl groups excluding tert-OH is 1. The van der Waals surface area contributed by atoms with Gasteiger partial charge in [0.2, 0.25) is 0 Å². The zero-order valence-electron chi connectivity index (χ0n) is 9.20. The maximum absolute atomic E-state index is 10.2. The van der Waals surface area contributed by atoms with Crippen LogP contribution in [0.3, 0.4) is 0 Å². The molecule has 0 saturated heterocycles. The highest BCUT2D eigenvalue weighted by molar-refractivity contribution is 6.30. The maximum atomic E-state index is 10.2. The first kappa shape index (κ1) is 12.5. The molecule has 0 aliphatic heterocycles. The van der Waals surface area contributed by atoms with Gasteiger partial charge in [-0.3, -0.25) is 0 Å². The average Bonchev–Trinajstić information content (AvgIpc) is 2.28. The van der Waals surface area contributed by atoms with E-state index in [2.05, 4.69) is 0 Å². The average molecular weight is 228 g/mol. The van der Waals surface area contributed by atoms with Crippen LogP contribution in [-0.4, -0.2) is 11.7 Å². The van der Waals surface area contributed by atoms with E-state index in [1.807, 2.05) is 26.0 Å². The number of hydrogen-bond donors (Lipinski definition) is 2. The minimum Gasteiger partial charge on any atom is -0.388 e. The van der Waals surface area contributed by atoms with E-state index in [0.717, 1.165) is 12.0 Å². The zero-order valence-corrected chi connectivity index (χ0v) is 9.96. The smallest absolute Gasteiger partial charge is 0.0855 e. The van der Waals surface area contributed by atoms with E-state index in [9.17, 15) is 5.11 Å². The molecule has 0 radical (unpaired) electrons. The van der Waals surface area contributed by atoms with Gasteiger partial charge in [0.1, 0.15) is 0 Å². The molecule has 3 heteroatoms. The van der Waals surface area contributed by atoms with Gasteiger partial charge >= 0.3 is 0 Å². The Morgan fingerprint density at radius 3 is 2.33 bits per heavy atom. The van der Waals surface area contributed by atoms with Crippen LogP contribution in [0.2, 0.25) is 5.02 Å². The van der Waals surface area contributed by atoms with Gasteiger partial charge in [0.25, 0.3) is 0 Å². The van der Waals surface area contributed by atoms with Crippen molar-refractivity contribution in [1.82, 2.24) is 0 Å². The van der Waals surface area contributed by atoms with Gasteiger partial charge in [-0.25, -0.2) is 0 Å². The number of rotatable bonds is 4. The third-order valence-electron chi connectivity index (χ3n) is 3.12. The van der Waals surface area contributed by atoms with E-state index in [4.69, 9.17) is 17.3 Å². The minimum absolute atomic E-state index is 0.270. The maximum Gasteiger partial charge on any atom is 0.0855 e. The molecule has 1 aromatic carbocycles. The van der Waals surface area contributed by atoms with E-state index in [1.54, 1.807) is 12.1 Å². The standard InChI is InChI=1S/C12H18ClNO/c1-3-12(2,8-14)11(15)9-4-6-10(13)7-5-9/h4-7,11,15H,3,8,14H2,1-2H3. The van der Waals surface area contributed by atoms with Crippen molar-refractivity contribution in [2.45, 2.75) is 26.4 Å². The minimum atomic E-state index is -0.537. The van der Waals surface area contributed by atoms with Crippen LogP contribution in [0.4, 0.5) is 0 Å². The van der Waals surface area contributed by atoms with Crippen molar-refractivity contribution >= 4 is 11.6 Å². The van der Waals surface area contributed by atoms with Crippen molar-refractivity contribution in [2.24, 2.45) is 11.1 Å². The Labute approximate surface area is 96.1 Å². The van der Waals surface area contributed by atoms with Gasteiger partial charge in [-0.05, 0) is 24.1 Å². The molecule has 2 unspecified atom stereocenters. The Kier molecular flexibility index (Phi) is 4.14. The summed E-state index contributed by atoms with van der Waals surface area (Å²) in [4.78, 5) is 0. The third-order valence-corrected chi connectivity index (χ3v) is 3.37. The first-order valence-electron chi connectivity index (χ1n) is 5.17. The van der Waals surface area contributed by atoms with E-state index in [0.29, 0.717) is 11.6 Å². The third kappa shape index (κ3) is 2.71. The summed E-state index contributed by atoms with van der Waals surface area (Å²) in [7, 11) is 0. The second kappa shape index (κ2) is 4.97. The molecule has 0 bridgehead atoms. The molecule has 0 fully saturated rings. The summed E-state index contributed by atoms with van der Waals surface area (Å²) in [5.74, 6) is 0. The summed E-state index contributed by atoms with van der Waals surface area (Å²) in [5.41, 5.74) is 6.30. The Bertz CT molecular complexity index is 306. The van der Waals surface area contributed by atoms with Crippen molar-refractivity contribution in [3.05, 3.63) is 34.9 Å². The van der Waals surface area contributed by atoms with Crippen molar-refractivity contribution in [1.29, 1.82) is 0 Å². The van der Waals surface area contributed by atoms with Gasteiger partial charge in [-0.2, -0.15) is 0 Å². The quantitative estimate of drug-likeness (QED) is 0.831. The van der Waals surface area contributed by atoms with E-state index >= 15 is 0 Å². The molecule has 0 amide bonds. The molecule has 0 heterocycles. The Morgan fingerprint density at radius 1 is 1.40 bits per heavy atom. The molecule has 2 atom stereocenters. The molecule has 1 aromatic rings. The largest absolute Gasteiger partial charge is 0.388 e. The topological polar surface area (TPSA) is 46.2 Å². The predicted octanol–water partition coefficient (Wildman–Crippen LogP) is 2.75. The number of aliphatic hydroxyl groups is 1. The molecule has 0 saturated carbocycles. The first-order chi connectivity index (χ1) is 7.03. The summed E-state index contributed by atoms with van der Waals surface area (Å²) in [5, 5.41) is 10.9. The summed E-state index contributed by atoms with van der Waals surface area (Å²) in [6.07, 6.45) is 0.303. The molecule has 0 aromatic heterocycles. The SMILES string of the molecule is CCC(C)(CN)C(O)c1ccc(Cl)cc1. The highest BCUT2D eigenvalue weighted by Gasteiger charge is 2.30. The van der Waals surface area contributed by atoms with E-state index in [1.165, 1.54) is 0 Å². The van der Waals surface area contributed by atoms with Crippen LogP contribution in [0.15, 0.2) is 24.3 Å². The van der Waals surface area contributed by atoms with Crippen LogP contribution in [0.5, 0.6) is 0 Å². The summed E-state index contributed by atoms with van der Waals surface area (Å²) in [6, 6.07) is 7.26. The molecule has 0 aliphatic carbocycles. The fourth-order valence-corrected chi connectivity index (χ4v) is 1.62. The van der Waals surface area contributed by atoms with Crippen LogP contribution in [0, 0.1) is 5.41 Å². The van der Waals surface area contributed by atoms with Crippen LogP contribution in [-0.2, 0) is 0 Å². The van der Waals surface area contributed by atoms with Crippen LogP contribution >= 0.6 is 11.6 Å². The number of hydrogen-bond acceptors (Lipinski definition) is 2. The summed E-state index contributed by atoms with van der Waals surface area (Å²) >= 11 is 5.79. The first-order valence-corrected chi connectivity index (χ1v) is 5.55. The van der Waals surface area contributed by atoms with Crippen molar-refractivity contribution in [3.8, 4) is 0 Å². The highest BCUT2D eigenvalue weighted by atomic mass is 35.5. The lowest BCUT2D eigenvalue weighted by atomic mass is 9.78. The summed E-state index contributed by atoms with van der Waals surface area (Å²) < 4.78 is 0. The molecular weight excluding hydrogens is 210 g/mol. The van der Waals surface area contributed by atoms with Gasteiger partial charge in [0.15, 0.2) is 0 Å². The number of nitrogens with two attached hydrogens (primary N) is 1. The zero-order chi connectivity index (χ0) is 11.5. The van der Waals surface area contributed by atoms with Gasteiger partial charge in [-0.1, -0.05) is 37.6 Å². The van der Waals surface area contributed by atoms with Crippen molar-refractivity contribution in [2.75, 3.05) is 6.54 Å². The van der Waals surface area contributed by atoms with Gasteiger partial charge in [-0.15, -0.1) is 0 Å². The van der Waals surface area contributed by atoms with Crippen LogP contribution < -0.4 is 5.73 Å². The van der Waals surface area contributed by atoms with Gasteiger partial charge < -0.3 is 10.8 Å². The molecule has 84 valence electrons. The highest BCUT2D eigenvalue weighted by Crippen LogP contribution is 2.35. The second-order valence-electron chi connectivity index (χ2n) is 4.17. The van der Waals surface area contributed by atoms with Crippen LogP contribution in [0.1, 0.15) is 31.9 Å². The molecule has 0 spiro atoms. The Balaban J connectivity index is 2.92. The molecule has 0 aliphatic rings. The second-order valence-corrected chi connectivity index (χ2v) is 4.60. The number of benzene rings is 1. The fourth-order valence-electron chi connectivity index (χ4n) is 1.50. The van der Waals surface area contributed by atoms with Crippen LogP contribution in [0.25, 0.3) is 0 Å².